The van der Waals surface area contributed by atoms with Gasteiger partial charge in [0.2, 0.25) is 0 Å². The van der Waals surface area contributed by atoms with Crippen molar-refractivity contribution in [2.75, 3.05) is 31.1 Å². The maximum absolute atomic E-state index is 4.55. The number of hydrogen-bond acceptors (Lipinski definition) is 2. The van der Waals surface area contributed by atoms with E-state index in [4.69, 9.17) is 0 Å². The fourth-order valence-electron chi connectivity index (χ4n) is 4.47. The third-order valence-electron chi connectivity index (χ3n) is 5.79. The van der Waals surface area contributed by atoms with E-state index in [0.29, 0.717) is 0 Å². The Kier molecular flexibility index (Phi) is 7.33. The fraction of sp³-hybridized carbons (Fsp3) is 0.357. The summed E-state index contributed by atoms with van der Waals surface area (Å²) in [4.78, 5) is 4.97. The van der Waals surface area contributed by atoms with Crippen LogP contribution in [0.5, 0.6) is 0 Å². The lowest BCUT2D eigenvalue weighted by Gasteiger charge is -2.38. The van der Waals surface area contributed by atoms with Crippen LogP contribution in [0.3, 0.4) is 0 Å². The second-order valence-electron chi connectivity index (χ2n) is 8.36. The van der Waals surface area contributed by atoms with Crippen LogP contribution in [0.1, 0.15) is 50.3 Å². The van der Waals surface area contributed by atoms with Gasteiger partial charge in [-0.15, -0.1) is 0 Å². The van der Waals surface area contributed by atoms with E-state index in [-0.39, 0.29) is 0 Å². The SMILES string of the molecule is C=C(C)C1=C(c2ccccc2)c2cc(C)ccc2N(CCN(CCC)CCC)C1=C. The molecular weight excluding hydrogens is 364 g/mol. The summed E-state index contributed by atoms with van der Waals surface area (Å²) in [6.07, 6.45) is 2.37. The summed E-state index contributed by atoms with van der Waals surface area (Å²) in [6, 6.07) is 17.5. The van der Waals surface area contributed by atoms with Gasteiger partial charge in [0.05, 0.1) is 0 Å². The minimum atomic E-state index is 0.938. The first-order valence-corrected chi connectivity index (χ1v) is 11.2. The van der Waals surface area contributed by atoms with Crippen molar-refractivity contribution in [3.8, 4) is 0 Å². The highest BCUT2D eigenvalue weighted by molar-refractivity contribution is 5.96. The summed E-state index contributed by atoms with van der Waals surface area (Å²) >= 11 is 0. The summed E-state index contributed by atoms with van der Waals surface area (Å²) < 4.78 is 0. The zero-order chi connectivity index (χ0) is 21.7. The van der Waals surface area contributed by atoms with Crippen LogP contribution in [-0.2, 0) is 0 Å². The molecule has 0 aliphatic carbocycles. The van der Waals surface area contributed by atoms with Crippen LogP contribution in [0.4, 0.5) is 5.69 Å². The van der Waals surface area contributed by atoms with E-state index >= 15 is 0 Å². The summed E-state index contributed by atoms with van der Waals surface area (Å²) in [5.74, 6) is 0. The molecule has 0 N–H and O–H groups in total. The summed E-state index contributed by atoms with van der Waals surface area (Å²) in [6.45, 7) is 21.9. The second kappa shape index (κ2) is 9.95. The number of aryl methyl sites for hydroxylation is 1. The molecule has 1 heterocycles. The van der Waals surface area contributed by atoms with Gasteiger partial charge in [0.1, 0.15) is 0 Å². The van der Waals surface area contributed by atoms with E-state index in [0.717, 1.165) is 37.4 Å². The standard InChI is InChI=1S/C28H36N2/c1-7-16-29(17-8-2)18-19-30-23(6)27(21(3)4)28(24-12-10-9-11-13-24)25-20-22(5)14-15-26(25)30/h9-15,20H,3,6-8,16-19H2,1-2,4-5H3. The molecule has 0 saturated carbocycles. The van der Waals surface area contributed by atoms with Gasteiger partial charge < -0.3 is 9.80 Å². The van der Waals surface area contributed by atoms with Gasteiger partial charge in [-0.3, -0.25) is 0 Å². The van der Waals surface area contributed by atoms with Crippen LogP contribution in [0.25, 0.3) is 5.57 Å². The van der Waals surface area contributed by atoms with Gasteiger partial charge in [-0.1, -0.05) is 69.0 Å². The number of nitrogens with zero attached hydrogens (tertiary/aromatic N) is 2. The van der Waals surface area contributed by atoms with Gasteiger partial charge in [0.15, 0.2) is 0 Å². The Balaban J connectivity index is 2.08. The molecule has 30 heavy (non-hydrogen) atoms. The third-order valence-corrected chi connectivity index (χ3v) is 5.79. The Morgan fingerprint density at radius 3 is 2.23 bits per heavy atom. The lowest BCUT2D eigenvalue weighted by atomic mass is 9.83. The lowest BCUT2D eigenvalue weighted by Crippen LogP contribution is -2.37. The van der Waals surface area contributed by atoms with Crippen LogP contribution in [0.2, 0.25) is 0 Å². The van der Waals surface area contributed by atoms with Crippen molar-refractivity contribution in [1.29, 1.82) is 0 Å². The minimum Gasteiger partial charge on any atom is -0.340 e. The van der Waals surface area contributed by atoms with Crippen LogP contribution in [0.15, 0.2) is 78.5 Å². The van der Waals surface area contributed by atoms with Crippen molar-refractivity contribution < 1.29 is 0 Å². The molecule has 0 saturated heterocycles. The van der Waals surface area contributed by atoms with Crippen molar-refractivity contribution in [2.24, 2.45) is 0 Å². The van der Waals surface area contributed by atoms with E-state index < -0.39 is 0 Å². The normalized spacial score (nSPS) is 13.8. The number of hydrogen-bond donors (Lipinski definition) is 0. The highest BCUT2D eigenvalue weighted by atomic mass is 15.2. The topological polar surface area (TPSA) is 6.48 Å². The molecule has 2 heteroatoms. The Hall–Kier alpha value is -2.58. The first-order chi connectivity index (χ1) is 14.5. The molecule has 0 bridgehead atoms. The van der Waals surface area contributed by atoms with Crippen molar-refractivity contribution in [2.45, 2.75) is 40.5 Å². The van der Waals surface area contributed by atoms with Gasteiger partial charge in [-0.05, 0) is 63.0 Å². The number of anilines is 1. The molecule has 2 nitrogen and oxygen atoms in total. The molecule has 158 valence electrons. The molecule has 0 amide bonds. The van der Waals surface area contributed by atoms with Gasteiger partial charge in [-0.2, -0.15) is 0 Å². The summed E-state index contributed by atoms with van der Waals surface area (Å²) in [7, 11) is 0. The third kappa shape index (κ3) is 4.60. The van der Waals surface area contributed by atoms with E-state index in [9.17, 15) is 0 Å². The molecule has 2 aromatic carbocycles. The lowest BCUT2D eigenvalue weighted by molar-refractivity contribution is 0.281. The molecule has 0 radical (unpaired) electrons. The summed E-state index contributed by atoms with van der Waals surface area (Å²) in [5, 5.41) is 0. The fourth-order valence-corrected chi connectivity index (χ4v) is 4.47. The highest BCUT2D eigenvalue weighted by Crippen LogP contribution is 2.45. The molecular formula is C28H36N2. The van der Waals surface area contributed by atoms with Crippen molar-refractivity contribution in [1.82, 2.24) is 4.90 Å². The number of fused-ring (bicyclic) bond motifs is 1. The van der Waals surface area contributed by atoms with Crippen LogP contribution < -0.4 is 4.90 Å². The number of allylic oxidation sites excluding steroid dienone is 1. The van der Waals surface area contributed by atoms with Crippen molar-refractivity contribution in [3.05, 3.63) is 95.2 Å². The minimum absolute atomic E-state index is 0.938. The average molecular weight is 401 g/mol. The maximum atomic E-state index is 4.55. The maximum Gasteiger partial charge on any atom is 0.0491 e. The molecule has 3 rings (SSSR count). The van der Waals surface area contributed by atoms with Crippen molar-refractivity contribution >= 4 is 11.3 Å². The quantitative estimate of drug-likeness (QED) is 0.455. The van der Waals surface area contributed by atoms with Crippen LogP contribution in [0, 0.1) is 6.92 Å². The first-order valence-electron chi connectivity index (χ1n) is 11.2. The van der Waals surface area contributed by atoms with E-state index in [1.807, 2.05) is 0 Å². The van der Waals surface area contributed by atoms with E-state index in [1.165, 1.54) is 46.4 Å². The summed E-state index contributed by atoms with van der Waals surface area (Å²) in [5.41, 5.74) is 9.59. The largest absolute Gasteiger partial charge is 0.340 e. The first kappa shape index (κ1) is 22.1. The highest BCUT2D eigenvalue weighted by Gasteiger charge is 2.29. The Labute approximate surface area is 183 Å². The zero-order valence-corrected chi connectivity index (χ0v) is 19.2. The molecule has 0 aromatic heterocycles. The molecule has 1 aliphatic rings. The van der Waals surface area contributed by atoms with Crippen LogP contribution >= 0.6 is 0 Å². The Morgan fingerprint density at radius 2 is 1.63 bits per heavy atom. The molecule has 2 aromatic rings. The average Bonchev–Trinajstić information content (AvgIpc) is 2.73. The monoisotopic (exact) mass is 400 g/mol. The molecule has 0 atom stereocenters. The number of rotatable bonds is 9. The second-order valence-corrected chi connectivity index (χ2v) is 8.36. The van der Waals surface area contributed by atoms with Gasteiger partial charge in [0.25, 0.3) is 0 Å². The smallest absolute Gasteiger partial charge is 0.0491 e. The van der Waals surface area contributed by atoms with Gasteiger partial charge in [0, 0.05) is 41.2 Å². The number of benzene rings is 2. The van der Waals surface area contributed by atoms with E-state index in [1.54, 1.807) is 0 Å². The van der Waals surface area contributed by atoms with E-state index in [2.05, 4.69) is 99.2 Å². The van der Waals surface area contributed by atoms with Crippen LogP contribution in [-0.4, -0.2) is 31.1 Å². The zero-order valence-electron chi connectivity index (χ0n) is 19.2. The molecule has 0 fully saturated rings. The van der Waals surface area contributed by atoms with Crippen molar-refractivity contribution in [3.63, 3.8) is 0 Å². The molecule has 0 unspecified atom stereocenters. The Morgan fingerprint density at radius 1 is 0.967 bits per heavy atom. The molecule has 0 spiro atoms. The Bertz CT molecular complexity index is 930. The van der Waals surface area contributed by atoms with Gasteiger partial charge in [-0.25, -0.2) is 0 Å². The predicted molar refractivity (Wildman–Crippen MR) is 132 cm³/mol. The molecule has 1 aliphatic heterocycles. The predicted octanol–water partition coefficient (Wildman–Crippen LogP) is 6.83. The van der Waals surface area contributed by atoms with Gasteiger partial charge >= 0.3 is 0 Å².